The maximum Gasteiger partial charge on any atom is 0.155 e. The van der Waals surface area contributed by atoms with Gasteiger partial charge in [0, 0.05) is 18.2 Å². The van der Waals surface area contributed by atoms with Crippen LogP contribution in [0.15, 0.2) is 59.8 Å². The molecule has 0 amide bonds. The number of rotatable bonds is 0. The number of hydrogen-bond acceptors (Lipinski definition) is 2. The lowest BCUT2D eigenvalue weighted by Crippen LogP contribution is -2.48. The Bertz CT molecular complexity index is 570. The van der Waals surface area contributed by atoms with Crippen molar-refractivity contribution in [1.82, 2.24) is 5.32 Å². The first kappa shape index (κ1) is 10.0. The zero-order chi connectivity index (χ0) is 12.0. The van der Waals surface area contributed by atoms with Crippen molar-refractivity contribution in [1.29, 1.82) is 0 Å². The standard InChI is InChI=1S/C16H15NO/c1-3-7-14-13(6-1)10-17-11-16(14)9-12-5-2-4-8-15(12)18-16/h1-5,7-8,10,17H,6,9,11H2. The molecule has 2 heteroatoms. The maximum atomic E-state index is 6.30. The van der Waals surface area contributed by atoms with Gasteiger partial charge >= 0.3 is 0 Å². The van der Waals surface area contributed by atoms with E-state index in [1.165, 1.54) is 16.7 Å². The van der Waals surface area contributed by atoms with Gasteiger partial charge in [-0.3, -0.25) is 0 Å². The molecule has 1 aromatic rings. The molecule has 0 bridgehead atoms. The average molecular weight is 237 g/mol. The second-order valence-electron chi connectivity index (χ2n) is 5.14. The van der Waals surface area contributed by atoms with Gasteiger partial charge in [-0.1, -0.05) is 36.4 Å². The Balaban J connectivity index is 1.80. The number of hydrogen-bond donors (Lipinski definition) is 1. The van der Waals surface area contributed by atoms with Gasteiger partial charge in [0.2, 0.25) is 0 Å². The predicted octanol–water partition coefficient (Wildman–Crippen LogP) is 2.73. The highest BCUT2D eigenvalue weighted by Crippen LogP contribution is 2.43. The Hall–Kier alpha value is -1.96. The van der Waals surface area contributed by atoms with Gasteiger partial charge in [-0.15, -0.1) is 0 Å². The first-order valence-corrected chi connectivity index (χ1v) is 6.44. The third-order valence-corrected chi connectivity index (χ3v) is 3.99. The van der Waals surface area contributed by atoms with Crippen LogP contribution < -0.4 is 10.1 Å². The Morgan fingerprint density at radius 2 is 2.17 bits per heavy atom. The highest BCUT2D eigenvalue weighted by Gasteiger charge is 2.45. The highest BCUT2D eigenvalue weighted by atomic mass is 16.5. The Morgan fingerprint density at radius 3 is 3.11 bits per heavy atom. The first-order valence-electron chi connectivity index (χ1n) is 6.44. The molecule has 4 rings (SSSR count). The summed E-state index contributed by atoms with van der Waals surface area (Å²) < 4.78 is 6.30. The summed E-state index contributed by atoms with van der Waals surface area (Å²) in [5, 5.41) is 3.39. The Morgan fingerprint density at radius 1 is 1.22 bits per heavy atom. The van der Waals surface area contributed by atoms with Gasteiger partial charge < -0.3 is 10.1 Å². The number of ether oxygens (including phenoxy) is 1. The molecule has 1 aliphatic carbocycles. The molecule has 1 N–H and O–H groups in total. The fraction of sp³-hybridized carbons (Fsp3) is 0.250. The number of benzene rings is 1. The van der Waals surface area contributed by atoms with Crippen molar-refractivity contribution >= 4 is 0 Å². The molecule has 0 saturated carbocycles. The van der Waals surface area contributed by atoms with E-state index >= 15 is 0 Å². The zero-order valence-electron chi connectivity index (χ0n) is 10.1. The van der Waals surface area contributed by atoms with Crippen molar-refractivity contribution in [3.8, 4) is 5.75 Å². The van der Waals surface area contributed by atoms with E-state index < -0.39 is 0 Å². The van der Waals surface area contributed by atoms with Crippen molar-refractivity contribution in [2.45, 2.75) is 18.4 Å². The zero-order valence-corrected chi connectivity index (χ0v) is 10.1. The number of nitrogens with one attached hydrogen (secondary N) is 1. The van der Waals surface area contributed by atoms with Crippen molar-refractivity contribution < 1.29 is 4.74 Å². The molecule has 90 valence electrons. The minimum absolute atomic E-state index is 0.196. The molecule has 0 fully saturated rings. The number of fused-ring (bicyclic) bond motifs is 3. The molecule has 1 unspecified atom stereocenters. The molecule has 3 aliphatic rings. The summed E-state index contributed by atoms with van der Waals surface area (Å²) in [4.78, 5) is 0. The summed E-state index contributed by atoms with van der Waals surface area (Å²) in [5.74, 6) is 1.04. The molecule has 1 spiro atoms. The van der Waals surface area contributed by atoms with Crippen LogP contribution in [0.3, 0.4) is 0 Å². The third-order valence-electron chi connectivity index (χ3n) is 3.99. The van der Waals surface area contributed by atoms with Crippen molar-refractivity contribution in [2.75, 3.05) is 6.54 Å². The maximum absolute atomic E-state index is 6.30. The van der Waals surface area contributed by atoms with E-state index in [0.29, 0.717) is 0 Å². The monoisotopic (exact) mass is 237 g/mol. The fourth-order valence-corrected chi connectivity index (χ4v) is 3.14. The van der Waals surface area contributed by atoms with E-state index in [9.17, 15) is 0 Å². The summed E-state index contributed by atoms with van der Waals surface area (Å²) in [6, 6.07) is 8.37. The second kappa shape index (κ2) is 3.52. The lowest BCUT2D eigenvalue weighted by atomic mass is 9.79. The van der Waals surface area contributed by atoms with Gasteiger partial charge in [-0.05, 0) is 23.6 Å². The molecule has 0 aromatic heterocycles. The summed E-state index contributed by atoms with van der Waals surface area (Å²) in [5.41, 5.74) is 3.82. The molecule has 1 aromatic carbocycles. The van der Waals surface area contributed by atoms with Gasteiger partial charge in [-0.2, -0.15) is 0 Å². The van der Waals surface area contributed by atoms with E-state index in [1.807, 2.05) is 6.07 Å². The largest absolute Gasteiger partial charge is 0.480 e. The van der Waals surface area contributed by atoms with Crippen LogP contribution in [0.5, 0.6) is 5.75 Å². The van der Waals surface area contributed by atoms with Gasteiger partial charge in [0.05, 0.1) is 6.54 Å². The van der Waals surface area contributed by atoms with Crippen LogP contribution >= 0.6 is 0 Å². The fourth-order valence-electron chi connectivity index (χ4n) is 3.14. The predicted molar refractivity (Wildman–Crippen MR) is 71.4 cm³/mol. The van der Waals surface area contributed by atoms with Crippen LogP contribution in [0.4, 0.5) is 0 Å². The van der Waals surface area contributed by atoms with Gasteiger partial charge in [0.25, 0.3) is 0 Å². The van der Waals surface area contributed by atoms with Crippen LogP contribution in [-0.4, -0.2) is 12.1 Å². The summed E-state index contributed by atoms with van der Waals surface area (Å²) in [7, 11) is 0. The summed E-state index contributed by atoms with van der Waals surface area (Å²) in [6.07, 6.45) is 10.6. The van der Waals surface area contributed by atoms with Gasteiger partial charge in [-0.25, -0.2) is 0 Å². The molecule has 18 heavy (non-hydrogen) atoms. The number of para-hydroxylation sites is 1. The van der Waals surface area contributed by atoms with Crippen molar-refractivity contribution in [3.63, 3.8) is 0 Å². The van der Waals surface area contributed by atoms with Crippen LogP contribution in [0.25, 0.3) is 0 Å². The molecule has 2 aliphatic heterocycles. The SMILES string of the molecule is C1=CCC2=CNCC3(Cc4ccccc4O3)C2=C1. The Kier molecular flexibility index (Phi) is 1.95. The average Bonchev–Trinajstić information content (AvgIpc) is 2.78. The van der Waals surface area contributed by atoms with Crippen molar-refractivity contribution in [3.05, 3.63) is 65.4 Å². The van der Waals surface area contributed by atoms with Crippen LogP contribution in [0.2, 0.25) is 0 Å². The van der Waals surface area contributed by atoms with E-state index in [4.69, 9.17) is 4.74 Å². The normalized spacial score (nSPS) is 27.8. The van der Waals surface area contributed by atoms with E-state index in [1.54, 1.807) is 0 Å². The van der Waals surface area contributed by atoms with E-state index in [-0.39, 0.29) is 5.60 Å². The van der Waals surface area contributed by atoms with E-state index in [0.717, 1.165) is 25.1 Å². The topological polar surface area (TPSA) is 21.3 Å². The quantitative estimate of drug-likeness (QED) is 0.749. The van der Waals surface area contributed by atoms with Crippen LogP contribution in [0.1, 0.15) is 12.0 Å². The number of allylic oxidation sites excluding steroid dienone is 3. The second-order valence-corrected chi connectivity index (χ2v) is 5.14. The molecule has 0 saturated heterocycles. The van der Waals surface area contributed by atoms with Gasteiger partial charge in [0.1, 0.15) is 5.75 Å². The summed E-state index contributed by atoms with van der Waals surface area (Å²) >= 11 is 0. The molecule has 0 radical (unpaired) electrons. The first-order chi connectivity index (χ1) is 8.87. The van der Waals surface area contributed by atoms with Gasteiger partial charge in [0.15, 0.2) is 5.60 Å². The minimum atomic E-state index is -0.196. The molecule has 1 atom stereocenters. The lowest BCUT2D eigenvalue weighted by molar-refractivity contribution is 0.134. The molecule has 2 nitrogen and oxygen atoms in total. The Labute approximate surface area is 107 Å². The van der Waals surface area contributed by atoms with Crippen LogP contribution in [0, 0.1) is 0 Å². The molecule has 2 heterocycles. The van der Waals surface area contributed by atoms with Crippen LogP contribution in [-0.2, 0) is 6.42 Å². The molecular formula is C16H15NO. The lowest BCUT2D eigenvalue weighted by Gasteiger charge is -2.37. The summed E-state index contributed by atoms with van der Waals surface area (Å²) in [6.45, 7) is 0.852. The van der Waals surface area contributed by atoms with Crippen molar-refractivity contribution in [2.24, 2.45) is 0 Å². The highest BCUT2D eigenvalue weighted by molar-refractivity contribution is 5.53. The minimum Gasteiger partial charge on any atom is -0.480 e. The van der Waals surface area contributed by atoms with E-state index in [2.05, 4.69) is 47.9 Å². The third kappa shape index (κ3) is 1.29. The molecular weight excluding hydrogens is 222 g/mol. The smallest absolute Gasteiger partial charge is 0.155 e.